The first-order valence-electron chi connectivity index (χ1n) is 6.53. The van der Waals surface area contributed by atoms with Crippen molar-refractivity contribution in [2.45, 2.75) is 12.6 Å². The van der Waals surface area contributed by atoms with E-state index in [2.05, 4.69) is 0 Å². The van der Waals surface area contributed by atoms with Gasteiger partial charge in [0.25, 0.3) is 11.6 Å². The third-order valence-electron chi connectivity index (χ3n) is 3.90. The van der Waals surface area contributed by atoms with E-state index in [4.69, 9.17) is 16.7 Å². The van der Waals surface area contributed by atoms with Crippen molar-refractivity contribution < 1.29 is 32.8 Å². The van der Waals surface area contributed by atoms with E-state index in [0.717, 1.165) is 12.1 Å². The van der Waals surface area contributed by atoms with Crippen molar-refractivity contribution in [3.63, 3.8) is 0 Å². The quantitative estimate of drug-likeness (QED) is 0.654. The topological polar surface area (TPSA) is 101 Å². The minimum atomic E-state index is -5.06. The fourth-order valence-corrected chi connectivity index (χ4v) is 2.68. The fourth-order valence-electron chi connectivity index (χ4n) is 2.52. The maximum atomic E-state index is 13.1. The molecule has 0 saturated carbocycles. The van der Waals surface area contributed by atoms with Gasteiger partial charge < -0.3 is 10.0 Å². The molecule has 0 radical (unpaired) electrons. The van der Waals surface area contributed by atoms with Gasteiger partial charge >= 0.3 is 12.1 Å². The molecule has 0 aliphatic carbocycles. The maximum Gasteiger partial charge on any atom is 0.406 e. The van der Waals surface area contributed by atoms with Gasteiger partial charge in [0.1, 0.15) is 5.56 Å². The number of amides is 1. The highest BCUT2D eigenvalue weighted by atomic mass is 35.5. The molecule has 1 heterocycles. The second kappa shape index (κ2) is 5.93. The highest BCUT2D eigenvalue weighted by Gasteiger charge is 2.64. The molecule has 1 atom stereocenters. The molecule has 130 valence electrons. The number of likely N-dealkylation sites (tertiary alicyclic amines) is 1. The molecule has 7 nitrogen and oxygen atoms in total. The lowest BCUT2D eigenvalue weighted by molar-refractivity contribution is -0.385. The zero-order valence-corrected chi connectivity index (χ0v) is 12.6. The van der Waals surface area contributed by atoms with Crippen molar-refractivity contribution in [1.82, 2.24) is 4.90 Å². The summed E-state index contributed by atoms with van der Waals surface area (Å²) < 4.78 is 39.4. The summed E-state index contributed by atoms with van der Waals surface area (Å²) in [6, 6.07) is 3.11. The Morgan fingerprint density at radius 2 is 2.00 bits per heavy atom. The number of benzene rings is 1. The van der Waals surface area contributed by atoms with Crippen LogP contribution in [0.15, 0.2) is 18.2 Å². The molecule has 1 aliphatic heterocycles. The number of halogens is 4. The highest BCUT2D eigenvalue weighted by Crippen LogP contribution is 2.46. The zero-order valence-electron chi connectivity index (χ0n) is 11.8. The molecule has 0 bridgehead atoms. The largest absolute Gasteiger partial charge is 0.481 e. The lowest BCUT2D eigenvalue weighted by Gasteiger charge is -2.27. The normalized spacial score (nSPS) is 20.9. The van der Waals surface area contributed by atoms with Gasteiger partial charge in [-0.05, 0) is 18.6 Å². The molecule has 24 heavy (non-hydrogen) atoms. The van der Waals surface area contributed by atoms with E-state index in [1.54, 1.807) is 0 Å². The number of alkyl halides is 3. The number of aliphatic carboxylic acids is 1. The molecule has 1 fully saturated rings. The predicted molar refractivity (Wildman–Crippen MR) is 74.8 cm³/mol. The molecule has 1 aromatic rings. The SMILES string of the molecule is O=C(c1ccc(Cl)cc1[N+](=O)[O-])N1CCC(C(=O)O)(C(F)(F)F)C1. The Labute approximate surface area is 137 Å². The Balaban J connectivity index is 2.37. The van der Waals surface area contributed by atoms with Crippen LogP contribution in [0.3, 0.4) is 0 Å². The van der Waals surface area contributed by atoms with E-state index in [-0.39, 0.29) is 5.02 Å². The Kier molecular flexibility index (Phi) is 4.44. The standard InChI is InChI=1S/C13H10ClF3N2O5/c14-7-1-2-8(9(5-7)19(23)24)10(20)18-4-3-12(6-18,11(21)22)13(15,16)17/h1-2,5H,3-4,6H2,(H,21,22). The number of nitro groups is 1. The summed E-state index contributed by atoms with van der Waals surface area (Å²) in [5.41, 5.74) is -4.19. The third kappa shape index (κ3) is 2.88. The molecule has 1 N–H and O–H groups in total. The van der Waals surface area contributed by atoms with Crippen LogP contribution in [-0.2, 0) is 4.79 Å². The summed E-state index contributed by atoms with van der Waals surface area (Å²) in [5.74, 6) is -3.14. The molecular formula is C13H10ClF3N2O5. The van der Waals surface area contributed by atoms with Crippen LogP contribution in [0.25, 0.3) is 0 Å². The van der Waals surface area contributed by atoms with Gasteiger partial charge in [-0.1, -0.05) is 11.6 Å². The number of carbonyl (C=O) groups excluding carboxylic acids is 1. The van der Waals surface area contributed by atoms with Gasteiger partial charge in [0.15, 0.2) is 5.41 Å². The first-order chi connectivity index (χ1) is 11.0. The molecular weight excluding hydrogens is 357 g/mol. The first kappa shape index (κ1) is 18.0. The van der Waals surface area contributed by atoms with E-state index in [1.165, 1.54) is 6.07 Å². The van der Waals surface area contributed by atoms with Gasteiger partial charge in [-0.15, -0.1) is 0 Å². The van der Waals surface area contributed by atoms with Gasteiger partial charge in [-0.3, -0.25) is 19.7 Å². The van der Waals surface area contributed by atoms with Crippen LogP contribution >= 0.6 is 11.6 Å². The Hall–Kier alpha value is -2.36. The fraction of sp³-hybridized carbons (Fsp3) is 0.385. The smallest absolute Gasteiger partial charge is 0.406 e. The third-order valence-corrected chi connectivity index (χ3v) is 4.13. The van der Waals surface area contributed by atoms with E-state index >= 15 is 0 Å². The summed E-state index contributed by atoms with van der Waals surface area (Å²) in [6.45, 7) is -1.59. The lowest BCUT2D eigenvalue weighted by Crippen LogP contribution is -2.47. The van der Waals surface area contributed by atoms with Crippen LogP contribution < -0.4 is 0 Å². The number of carboxylic acid groups (broad SMARTS) is 1. The van der Waals surface area contributed by atoms with Gasteiger partial charge in [-0.2, -0.15) is 13.2 Å². The van der Waals surface area contributed by atoms with Gasteiger partial charge in [0.05, 0.1) is 4.92 Å². The second-order valence-electron chi connectivity index (χ2n) is 5.28. The summed E-state index contributed by atoms with van der Waals surface area (Å²) in [7, 11) is 0. The van der Waals surface area contributed by atoms with Gasteiger partial charge in [0.2, 0.25) is 0 Å². The molecule has 0 aromatic heterocycles. The van der Waals surface area contributed by atoms with Crippen molar-refractivity contribution in [3.8, 4) is 0 Å². The maximum absolute atomic E-state index is 13.1. The molecule has 1 saturated heterocycles. The molecule has 2 rings (SSSR count). The minimum absolute atomic E-state index is 0.0187. The van der Waals surface area contributed by atoms with Crippen LogP contribution in [0.4, 0.5) is 18.9 Å². The van der Waals surface area contributed by atoms with Crippen molar-refractivity contribution in [3.05, 3.63) is 38.9 Å². The average Bonchev–Trinajstić information content (AvgIpc) is 2.92. The first-order valence-corrected chi connectivity index (χ1v) is 6.91. The number of rotatable bonds is 3. The van der Waals surface area contributed by atoms with Crippen LogP contribution in [0.5, 0.6) is 0 Å². The highest BCUT2D eigenvalue weighted by molar-refractivity contribution is 6.31. The number of nitrogens with zero attached hydrogens (tertiary/aromatic N) is 2. The van der Waals surface area contributed by atoms with Crippen LogP contribution in [-0.4, -0.2) is 46.1 Å². The summed E-state index contributed by atoms with van der Waals surface area (Å²) in [4.78, 5) is 34.2. The van der Waals surface area contributed by atoms with Gasteiger partial charge in [-0.25, -0.2) is 0 Å². The van der Waals surface area contributed by atoms with E-state index in [9.17, 15) is 32.9 Å². The number of carboxylic acids is 1. The second-order valence-corrected chi connectivity index (χ2v) is 5.72. The zero-order chi connectivity index (χ0) is 18.3. The van der Waals surface area contributed by atoms with Crippen molar-refractivity contribution >= 4 is 29.2 Å². The monoisotopic (exact) mass is 366 g/mol. The number of nitro benzene ring substituents is 1. The number of hydrogen-bond acceptors (Lipinski definition) is 4. The number of hydrogen-bond donors (Lipinski definition) is 1. The summed E-state index contributed by atoms with van der Waals surface area (Å²) >= 11 is 5.62. The van der Waals surface area contributed by atoms with Crippen molar-refractivity contribution in [2.75, 3.05) is 13.1 Å². The minimum Gasteiger partial charge on any atom is -0.481 e. The molecule has 1 unspecified atom stereocenters. The molecule has 1 aliphatic rings. The lowest BCUT2D eigenvalue weighted by atomic mass is 9.86. The van der Waals surface area contributed by atoms with Gasteiger partial charge in [0, 0.05) is 24.2 Å². The summed E-state index contributed by atoms with van der Waals surface area (Å²) in [6.07, 6.45) is -5.88. The van der Waals surface area contributed by atoms with Crippen molar-refractivity contribution in [1.29, 1.82) is 0 Å². The van der Waals surface area contributed by atoms with Crippen LogP contribution in [0, 0.1) is 15.5 Å². The van der Waals surface area contributed by atoms with E-state index in [0.29, 0.717) is 4.90 Å². The molecule has 1 aromatic carbocycles. The number of carbonyl (C=O) groups is 2. The average molecular weight is 367 g/mol. The van der Waals surface area contributed by atoms with E-state index in [1.807, 2.05) is 0 Å². The Morgan fingerprint density at radius 3 is 2.46 bits per heavy atom. The predicted octanol–water partition coefficient (Wildman–Crippen LogP) is 2.73. The molecule has 1 amide bonds. The Bertz CT molecular complexity index is 724. The van der Waals surface area contributed by atoms with Crippen molar-refractivity contribution in [2.24, 2.45) is 5.41 Å². The molecule has 11 heteroatoms. The Morgan fingerprint density at radius 1 is 1.38 bits per heavy atom. The molecule has 0 spiro atoms. The summed E-state index contributed by atoms with van der Waals surface area (Å²) in [5, 5.41) is 19.9. The van der Waals surface area contributed by atoms with Crippen LogP contribution in [0.1, 0.15) is 16.8 Å². The van der Waals surface area contributed by atoms with Crippen LogP contribution in [0.2, 0.25) is 5.02 Å². The van der Waals surface area contributed by atoms with E-state index < -0.39 is 59.2 Å².